The Morgan fingerprint density at radius 2 is 2.06 bits per heavy atom. The molecule has 0 amide bonds. The Morgan fingerprint density at radius 1 is 1.47 bits per heavy atom. The molecule has 1 aromatic rings. The zero-order chi connectivity index (χ0) is 12.6. The van der Waals surface area contributed by atoms with Crippen molar-refractivity contribution in [3.63, 3.8) is 0 Å². The van der Waals surface area contributed by atoms with Gasteiger partial charge in [-0.3, -0.25) is 4.79 Å². The highest BCUT2D eigenvalue weighted by molar-refractivity contribution is 6.33. The first-order valence-corrected chi connectivity index (χ1v) is 5.98. The lowest BCUT2D eigenvalue weighted by Gasteiger charge is -2.20. The third kappa shape index (κ3) is 2.01. The van der Waals surface area contributed by atoms with Crippen molar-refractivity contribution >= 4 is 19.3 Å². The highest BCUT2D eigenvalue weighted by Gasteiger charge is 2.21. The molecule has 90 valence electrons. The summed E-state index contributed by atoms with van der Waals surface area (Å²) in [4.78, 5) is 22.8. The first-order valence-electron chi connectivity index (χ1n) is 5.98. The number of hydrogen-bond donors (Lipinski definition) is 1. The number of carbonyl (C=O) groups is 1. The molecule has 0 spiro atoms. The molecule has 1 heterocycles. The van der Waals surface area contributed by atoms with Gasteiger partial charge in [-0.2, -0.15) is 0 Å². The van der Waals surface area contributed by atoms with Crippen LogP contribution in [0.4, 0.5) is 0 Å². The van der Waals surface area contributed by atoms with Gasteiger partial charge in [0.2, 0.25) is 0 Å². The molecule has 17 heavy (non-hydrogen) atoms. The fourth-order valence-electron chi connectivity index (χ4n) is 2.57. The van der Waals surface area contributed by atoms with Gasteiger partial charge in [-0.25, -0.2) is 4.79 Å². The van der Waals surface area contributed by atoms with E-state index in [2.05, 4.69) is 0 Å². The molecule has 0 radical (unpaired) electrons. The molecule has 1 aliphatic carbocycles. The largest absolute Gasteiger partial charge is 0.477 e. The van der Waals surface area contributed by atoms with Crippen LogP contribution < -0.4 is 10.9 Å². The Kier molecular flexibility index (Phi) is 3.09. The van der Waals surface area contributed by atoms with Gasteiger partial charge < -0.3 is 9.67 Å². The molecule has 0 saturated heterocycles. The fourth-order valence-corrected chi connectivity index (χ4v) is 2.57. The van der Waals surface area contributed by atoms with Crippen LogP contribution in [-0.4, -0.2) is 23.5 Å². The van der Waals surface area contributed by atoms with Gasteiger partial charge in [0.25, 0.3) is 0 Å². The van der Waals surface area contributed by atoms with Crippen LogP contribution >= 0.6 is 0 Å². The minimum absolute atomic E-state index is 0.111. The molecule has 0 bridgehead atoms. The summed E-state index contributed by atoms with van der Waals surface area (Å²) in [6, 6.07) is 0.354. The van der Waals surface area contributed by atoms with Gasteiger partial charge in [0.15, 0.2) is 5.43 Å². The Labute approximate surface area is 101 Å². The molecule has 0 aromatic carbocycles. The lowest BCUT2D eigenvalue weighted by atomic mass is 9.91. The van der Waals surface area contributed by atoms with Gasteiger partial charge >= 0.3 is 5.97 Å². The van der Waals surface area contributed by atoms with Crippen LogP contribution in [0.3, 0.4) is 0 Å². The zero-order valence-electron chi connectivity index (χ0n) is 10.2. The Bertz CT molecular complexity index is 515. The first-order chi connectivity index (χ1) is 8.02. The molecule has 0 unspecified atom stereocenters. The number of aromatic carboxylic acids is 1. The van der Waals surface area contributed by atoms with E-state index in [-0.39, 0.29) is 11.0 Å². The van der Waals surface area contributed by atoms with Gasteiger partial charge in [0.1, 0.15) is 13.4 Å². The van der Waals surface area contributed by atoms with E-state index in [1.165, 1.54) is 19.0 Å². The second kappa shape index (κ2) is 4.39. The predicted octanol–water partition coefficient (Wildman–Crippen LogP) is 0.228. The monoisotopic (exact) mass is 233 g/mol. The highest BCUT2D eigenvalue weighted by atomic mass is 16.4. The minimum atomic E-state index is -1.13. The first kappa shape index (κ1) is 12.0. The van der Waals surface area contributed by atoms with Crippen molar-refractivity contribution in [1.29, 1.82) is 0 Å². The Morgan fingerprint density at radius 3 is 2.59 bits per heavy atom. The SMILES string of the molecule is Bc1c(C)n(C2CCCC2)cc(C(=O)O)c1=O. The van der Waals surface area contributed by atoms with Crippen LogP contribution in [0.15, 0.2) is 11.0 Å². The van der Waals surface area contributed by atoms with Gasteiger partial charge in [-0.1, -0.05) is 12.8 Å². The molecule has 1 fully saturated rings. The van der Waals surface area contributed by atoms with Gasteiger partial charge in [0, 0.05) is 17.9 Å². The quantitative estimate of drug-likeness (QED) is 0.744. The lowest BCUT2D eigenvalue weighted by molar-refractivity contribution is 0.0694. The fraction of sp³-hybridized carbons (Fsp3) is 0.500. The summed E-state index contributed by atoms with van der Waals surface area (Å²) in [5.74, 6) is -1.13. The molecule has 1 aliphatic rings. The van der Waals surface area contributed by atoms with E-state index in [4.69, 9.17) is 5.11 Å². The Balaban J connectivity index is 2.59. The Hall–Kier alpha value is -1.52. The highest BCUT2D eigenvalue weighted by Crippen LogP contribution is 2.29. The van der Waals surface area contributed by atoms with Crippen LogP contribution in [0.2, 0.25) is 0 Å². The number of pyridine rings is 1. The minimum Gasteiger partial charge on any atom is -0.477 e. The molecular formula is C12H16BNO3. The van der Waals surface area contributed by atoms with Crippen molar-refractivity contribution in [2.24, 2.45) is 0 Å². The molecule has 1 N–H and O–H groups in total. The van der Waals surface area contributed by atoms with E-state index in [0.29, 0.717) is 11.5 Å². The molecule has 5 heteroatoms. The summed E-state index contributed by atoms with van der Waals surface area (Å²) >= 11 is 0. The topological polar surface area (TPSA) is 59.3 Å². The van der Waals surface area contributed by atoms with E-state index in [1.807, 2.05) is 11.5 Å². The van der Waals surface area contributed by atoms with E-state index < -0.39 is 5.97 Å². The molecule has 2 rings (SSSR count). The molecule has 0 atom stereocenters. The van der Waals surface area contributed by atoms with Crippen molar-refractivity contribution in [1.82, 2.24) is 4.57 Å². The maximum absolute atomic E-state index is 11.8. The second-order valence-electron chi connectivity index (χ2n) is 4.73. The second-order valence-corrected chi connectivity index (χ2v) is 4.73. The average molecular weight is 233 g/mol. The number of hydrogen-bond acceptors (Lipinski definition) is 2. The number of carboxylic acid groups (broad SMARTS) is 1. The normalized spacial score (nSPS) is 16.3. The molecule has 1 saturated carbocycles. The summed E-state index contributed by atoms with van der Waals surface area (Å²) in [5, 5.41) is 9.03. The van der Waals surface area contributed by atoms with Crippen LogP contribution in [0.1, 0.15) is 47.8 Å². The summed E-state index contributed by atoms with van der Waals surface area (Å²) in [5.41, 5.74) is 0.980. The van der Waals surface area contributed by atoms with E-state index in [0.717, 1.165) is 18.5 Å². The number of rotatable bonds is 2. The van der Waals surface area contributed by atoms with Crippen LogP contribution in [0.25, 0.3) is 0 Å². The third-order valence-electron chi connectivity index (χ3n) is 3.73. The van der Waals surface area contributed by atoms with Crippen LogP contribution in [-0.2, 0) is 0 Å². The van der Waals surface area contributed by atoms with Gasteiger partial charge in [-0.15, -0.1) is 0 Å². The summed E-state index contributed by atoms with van der Waals surface area (Å²) in [6.07, 6.45) is 6.02. The van der Waals surface area contributed by atoms with Crippen molar-refractivity contribution in [3.05, 3.63) is 27.7 Å². The van der Waals surface area contributed by atoms with E-state index >= 15 is 0 Å². The van der Waals surface area contributed by atoms with Crippen molar-refractivity contribution in [2.45, 2.75) is 38.6 Å². The molecule has 4 nitrogen and oxygen atoms in total. The van der Waals surface area contributed by atoms with E-state index in [1.54, 1.807) is 7.85 Å². The average Bonchev–Trinajstić information content (AvgIpc) is 2.79. The number of nitrogens with zero attached hydrogens (tertiary/aromatic N) is 1. The number of aromatic nitrogens is 1. The van der Waals surface area contributed by atoms with Gasteiger partial charge in [-0.05, 0) is 25.2 Å². The molecule has 1 aromatic heterocycles. The molecule has 0 aliphatic heterocycles. The van der Waals surface area contributed by atoms with Crippen LogP contribution in [0, 0.1) is 6.92 Å². The maximum atomic E-state index is 11.8. The third-order valence-corrected chi connectivity index (χ3v) is 3.73. The summed E-state index contributed by atoms with van der Waals surface area (Å²) in [7, 11) is 1.70. The zero-order valence-corrected chi connectivity index (χ0v) is 10.2. The van der Waals surface area contributed by atoms with Crippen LogP contribution in [0.5, 0.6) is 0 Å². The smallest absolute Gasteiger partial charge is 0.341 e. The van der Waals surface area contributed by atoms with Crippen molar-refractivity contribution < 1.29 is 9.90 Å². The summed E-state index contributed by atoms with van der Waals surface area (Å²) in [6.45, 7) is 1.89. The standard InChI is InChI=1S/C12H16BNO3/c1-7-10(13)11(15)9(12(16)17)6-14(7)8-4-2-3-5-8/h6,8H,2-5,13H2,1H3,(H,16,17). The van der Waals surface area contributed by atoms with E-state index in [9.17, 15) is 9.59 Å². The predicted molar refractivity (Wildman–Crippen MR) is 68.1 cm³/mol. The molecular weight excluding hydrogens is 217 g/mol. The maximum Gasteiger partial charge on any atom is 0.341 e. The van der Waals surface area contributed by atoms with Crippen molar-refractivity contribution in [2.75, 3.05) is 0 Å². The summed E-state index contributed by atoms with van der Waals surface area (Å²) < 4.78 is 1.98. The lowest BCUT2D eigenvalue weighted by Crippen LogP contribution is -2.36. The number of carboxylic acids is 1. The van der Waals surface area contributed by atoms with Crippen molar-refractivity contribution in [3.8, 4) is 0 Å². The van der Waals surface area contributed by atoms with Gasteiger partial charge in [0.05, 0.1) is 0 Å².